The largest absolute Gasteiger partial charge is 0.494 e. The molecule has 4 rings (SSSR count). The first-order chi connectivity index (χ1) is 22.3. The van der Waals surface area contributed by atoms with Crippen LogP contribution in [-0.2, 0) is 11.3 Å². The summed E-state index contributed by atoms with van der Waals surface area (Å²) in [6.45, 7) is 4.36. The molecule has 3 aromatic carbocycles. The number of rotatable bonds is 16. The number of carbonyl (C=O) groups is 4. The number of nitrogens with one attached hydrogen (secondary N) is 1. The summed E-state index contributed by atoms with van der Waals surface area (Å²) in [6, 6.07) is 23.4. The molecule has 0 bridgehead atoms. The van der Waals surface area contributed by atoms with Gasteiger partial charge >= 0.3 is 5.97 Å². The molecule has 0 radical (unpaired) electrons. The van der Waals surface area contributed by atoms with Gasteiger partial charge in [0, 0.05) is 35.8 Å². The molecule has 1 heterocycles. The number of ketones is 1. The molecule has 0 unspecified atom stereocenters. The molecule has 0 aliphatic heterocycles. The summed E-state index contributed by atoms with van der Waals surface area (Å²) in [5, 5.41) is 2.78. The summed E-state index contributed by atoms with van der Waals surface area (Å²) in [5.74, 6) is -0.210. The molecule has 9 heteroatoms. The molecule has 2 amide bonds. The van der Waals surface area contributed by atoms with Crippen LogP contribution in [0, 0.1) is 0 Å². The highest BCUT2D eigenvalue weighted by molar-refractivity contribution is 6.04. The van der Waals surface area contributed by atoms with Gasteiger partial charge in [-0.15, -0.1) is 0 Å². The highest BCUT2D eigenvalue weighted by Gasteiger charge is 2.19. The van der Waals surface area contributed by atoms with Crippen LogP contribution in [0.2, 0.25) is 0 Å². The molecule has 0 saturated carbocycles. The molecule has 0 spiro atoms. The standard InChI is InChI=1S/C37H39N3O6/c1-3-4-5-6-7-24-45-33-18-12-31(13-19-33)37(44)46-34-16-8-28(9-17-34)26-40(25-27(2)41)36(43)30-10-14-32(15-11-30)39-35(42)29-20-22-38-23-21-29/h8-23H,3-7,24-26H2,1-2H3,(H,39,42). The molecule has 9 nitrogen and oxygen atoms in total. The van der Waals surface area contributed by atoms with Gasteiger partial charge in [0.25, 0.3) is 11.8 Å². The Morgan fingerprint density at radius 2 is 1.35 bits per heavy atom. The summed E-state index contributed by atoms with van der Waals surface area (Å²) in [5.41, 5.74) is 2.52. The fourth-order valence-corrected chi connectivity index (χ4v) is 4.69. The fourth-order valence-electron chi connectivity index (χ4n) is 4.69. The van der Waals surface area contributed by atoms with Crippen LogP contribution in [0.25, 0.3) is 0 Å². The maximum Gasteiger partial charge on any atom is 0.343 e. The van der Waals surface area contributed by atoms with Crippen LogP contribution in [0.15, 0.2) is 97.3 Å². The minimum atomic E-state index is -0.493. The van der Waals surface area contributed by atoms with Crippen molar-refractivity contribution in [2.45, 2.75) is 52.5 Å². The molecule has 0 atom stereocenters. The molecule has 0 aliphatic rings. The second-order valence-electron chi connectivity index (χ2n) is 11.0. The second kappa shape index (κ2) is 17.2. The van der Waals surface area contributed by atoms with Crippen molar-refractivity contribution in [3.05, 3.63) is 120 Å². The van der Waals surface area contributed by atoms with E-state index in [2.05, 4.69) is 17.2 Å². The Hall–Kier alpha value is -5.31. The number of carbonyl (C=O) groups excluding carboxylic acids is 4. The third-order valence-corrected chi connectivity index (χ3v) is 7.15. The average molecular weight is 622 g/mol. The van der Waals surface area contributed by atoms with Crippen LogP contribution in [0.5, 0.6) is 11.5 Å². The van der Waals surface area contributed by atoms with Crippen LogP contribution in [0.3, 0.4) is 0 Å². The lowest BCUT2D eigenvalue weighted by atomic mass is 10.1. The zero-order valence-electron chi connectivity index (χ0n) is 26.2. The van der Waals surface area contributed by atoms with Gasteiger partial charge in [0.15, 0.2) is 0 Å². The van der Waals surface area contributed by atoms with Gasteiger partial charge in [-0.25, -0.2) is 4.79 Å². The number of aromatic nitrogens is 1. The number of unbranched alkanes of at least 4 members (excludes halogenated alkanes) is 4. The Morgan fingerprint density at radius 3 is 2.00 bits per heavy atom. The van der Waals surface area contributed by atoms with E-state index in [9.17, 15) is 19.2 Å². The van der Waals surface area contributed by atoms with E-state index >= 15 is 0 Å². The monoisotopic (exact) mass is 621 g/mol. The number of Topliss-reactive ketones (excluding diaryl/α,β-unsaturated/α-hetero) is 1. The number of hydrogen-bond donors (Lipinski definition) is 1. The number of ether oxygens (including phenoxy) is 2. The molecule has 0 aliphatic carbocycles. The van der Waals surface area contributed by atoms with Crippen LogP contribution in [-0.4, -0.2) is 46.6 Å². The van der Waals surface area contributed by atoms with Crippen LogP contribution < -0.4 is 14.8 Å². The lowest BCUT2D eigenvalue weighted by Crippen LogP contribution is -2.34. The first kappa shape index (κ1) is 33.6. The summed E-state index contributed by atoms with van der Waals surface area (Å²) in [4.78, 5) is 55.8. The third kappa shape index (κ3) is 10.4. The lowest BCUT2D eigenvalue weighted by molar-refractivity contribution is -0.117. The molecule has 1 N–H and O–H groups in total. The van der Waals surface area contributed by atoms with E-state index in [1.165, 1.54) is 43.5 Å². The molecule has 4 aromatic rings. The molecule has 1 aromatic heterocycles. The van der Waals surface area contributed by atoms with Gasteiger partial charge in [-0.1, -0.05) is 44.7 Å². The Labute approximate surface area is 269 Å². The maximum absolute atomic E-state index is 13.3. The van der Waals surface area contributed by atoms with Crippen molar-refractivity contribution >= 4 is 29.3 Å². The van der Waals surface area contributed by atoms with Crippen molar-refractivity contribution in [1.82, 2.24) is 9.88 Å². The molecule has 46 heavy (non-hydrogen) atoms. The predicted octanol–water partition coefficient (Wildman–Crippen LogP) is 7.13. The van der Waals surface area contributed by atoms with Crippen LogP contribution >= 0.6 is 0 Å². The number of amides is 2. The highest BCUT2D eigenvalue weighted by Crippen LogP contribution is 2.20. The Bertz CT molecular complexity index is 1590. The van der Waals surface area contributed by atoms with E-state index < -0.39 is 5.97 Å². The van der Waals surface area contributed by atoms with E-state index in [1.54, 1.807) is 84.9 Å². The summed E-state index contributed by atoms with van der Waals surface area (Å²) < 4.78 is 11.3. The summed E-state index contributed by atoms with van der Waals surface area (Å²) in [7, 11) is 0. The molecule has 0 fully saturated rings. The highest BCUT2D eigenvalue weighted by atomic mass is 16.5. The number of pyridine rings is 1. The van der Waals surface area contributed by atoms with E-state index in [1.807, 2.05) is 0 Å². The van der Waals surface area contributed by atoms with Crippen molar-refractivity contribution in [3.63, 3.8) is 0 Å². The lowest BCUT2D eigenvalue weighted by Gasteiger charge is -2.22. The van der Waals surface area contributed by atoms with E-state index in [0.29, 0.717) is 40.5 Å². The van der Waals surface area contributed by atoms with E-state index in [4.69, 9.17) is 9.47 Å². The Balaban J connectivity index is 1.31. The number of nitrogens with zero attached hydrogens (tertiary/aromatic N) is 2. The zero-order chi connectivity index (χ0) is 32.7. The van der Waals surface area contributed by atoms with Gasteiger partial charge in [0.2, 0.25) is 0 Å². The SMILES string of the molecule is CCCCCCCOc1ccc(C(=O)Oc2ccc(CN(CC(C)=O)C(=O)c3ccc(NC(=O)c4ccncc4)cc3)cc2)cc1. The predicted molar refractivity (Wildman–Crippen MR) is 176 cm³/mol. The van der Waals surface area contributed by atoms with Crippen molar-refractivity contribution in [2.75, 3.05) is 18.5 Å². The third-order valence-electron chi connectivity index (χ3n) is 7.15. The van der Waals surface area contributed by atoms with E-state index in [0.717, 1.165) is 18.4 Å². The van der Waals surface area contributed by atoms with Crippen molar-refractivity contribution < 1.29 is 28.7 Å². The average Bonchev–Trinajstić information content (AvgIpc) is 3.07. The summed E-state index contributed by atoms with van der Waals surface area (Å²) >= 11 is 0. The van der Waals surface area contributed by atoms with Crippen molar-refractivity contribution in [2.24, 2.45) is 0 Å². The number of benzene rings is 3. The minimum absolute atomic E-state index is 0.0747. The van der Waals surface area contributed by atoms with Gasteiger partial charge in [-0.05, 0) is 91.7 Å². The second-order valence-corrected chi connectivity index (χ2v) is 11.0. The molecular formula is C37H39N3O6. The van der Waals surface area contributed by atoms with Gasteiger partial charge in [-0.2, -0.15) is 0 Å². The fraction of sp³-hybridized carbons (Fsp3) is 0.270. The van der Waals surface area contributed by atoms with Crippen LogP contribution in [0.1, 0.15) is 82.6 Å². The number of esters is 1. The topological polar surface area (TPSA) is 115 Å². The van der Waals surface area contributed by atoms with Gasteiger partial charge < -0.3 is 19.7 Å². The smallest absolute Gasteiger partial charge is 0.343 e. The van der Waals surface area contributed by atoms with Gasteiger partial charge in [0.05, 0.1) is 18.7 Å². The minimum Gasteiger partial charge on any atom is -0.494 e. The first-order valence-electron chi connectivity index (χ1n) is 15.5. The van der Waals surface area contributed by atoms with Crippen molar-refractivity contribution in [3.8, 4) is 11.5 Å². The first-order valence-corrected chi connectivity index (χ1v) is 15.5. The quantitative estimate of drug-likeness (QED) is 0.0804. The van der Waals surface area contributed by atoms with E-state index in [-0.39, 0.29) is 30.7 Å². The van der Waals surface area contributed by atoms with Crippen molar-refractivity contribution in [1.29, 1.82) is 0 Å². The Kier molecular flexibility index (Phi) is 12.6. The maximum atomic E-state index is 13.3. The molecule has 0 saturated heterocycles. The number of anilines is 1. The zero-order valence-corrected chi connectivity index (χ0v) is 26.2. The van der Waals surface area contributed by atoms with Gasteiger partial charge in [0.1, 0.15) is 17.3 Å². The van der Waals surface area contributed by atoms with Crippen LogP contribution in [0.4, 0.5) is 5.69 Å². The number of hydrogen-bond acceptors (Lipinski definition) is 7. The molecule has 238 valence electrons. The Morgan fingerprint density at radius 1 is 0.717 bits per heavy atom. The molecular weight excluding hydrogens is 582 g/mol. The normalized spacial score (nSPS) is 10.6. The summed E-state index contributed by atoms with van der Waals surface area (Å²) in [6.07, 6.45) is 8.88. The van der Waals surface area contributed by atoms with Gasteiger partial charge in [-0.3, -0.25) is 19.4 Å².